The van der Waals surface area contributed by atoms with E-state index in [9.17, 15) is 8.42 Å². The first kappa shape index (κ1) is 14.5. The largest absolute Gasteiger partial charge is 0.396 e. The van der Waals surface area contributed by atoms with E-state index in [-0.39, 0.29) is 11.5 Å². The van der Waals surface area contributed by atoms with Crippen molar-refractivity contribution >= 4 is 15.7 Å². The highest BCUT2D eigenvalue weighted by Crippen LogP contribution is 2.21. The maximum Gasteiger partial charge on any atom is 0.265 e. The van der Waals surface area contributed by atoms with Gasteiger partial charge in [0.15, 0.2) is 0 Å². The quantitative estimate of drug-likeness (QED) is 0.776. The normalized spacial score (nSPS) is 11.6. The summed E-state index contributed by atoms with van der Waals surface area (Å²) in [5.41, 5.74) is 2.37. The van der Waals surface area contributed by atoms with Crippen LogP contribution < -0.4 is 4.72 Å². The van der Waals surface area contributed by atoms with E-state index in [1.807, 2.05) is 0 Å². The van der Waals surface area contributed by atoms with Crippen molar-refractivity contribution < 1.29 is 13.5 Å². The van der Waals surface area contributed by atoms with E-state index in [1.165, 1.54) is 0 Å². The van der Waals surface area contributed by atoms with Gasteiger partial charge in [0, 0.05) is 12.3 Å². The number of H-pyrrole nitrogens is 1. The number of aromatic nitrogens is 2. The third-order valence-electron chi connectivity index (χ3n) is 2.94. The highest BCUT2D eigenvalue weighted by Gasteiger charge is 2.22. The first-order valence-electron chi connectivity index (χ1n) is 6.18. The number of benzene rings is 1. The summed E-state index contributed by atoms with van der Waals surface area (Å²) in [7, 11) is -3.65. The van der Waals surface area contributed by atoms with Gasteiger partial charge >= 0.3 is 0 Å². The monoisotopic (exact) mass is 295 g/mol. The zero-order chi connectivity index (χ0) is 14.8. The fraction of sp³-hybridized carbons (Fsp3) is 0.308. The Morgan fingerprint density at radius 1 is 1.25 bits per heavy atom. The number of aromatic amines is 1. The Kier molecular flexibility index (Phi) is 4.10. The van der Waals surface area contributed by atoms with Crippen LogP contribution in [0, 0.1) is 13.8 Å². The molecule has 0 amide bonds. The zero-order valence-corrected chi connectivity index (χ0v) is 12.2. The topological polar surface area (TPSA) is 95.1 Å². The molecule has 0 unspecified atom stereocenters. The van der Waals surface area contributed by atoms with Gasteiger partial charge in [-0.3, -0.25) is 9.82 Å². The number of sulfonamides is 1. The summed E-state index contributed by atoms with van der Waals surface area (Å²) in [6.07, 6.45) is 0.549. The highest BCUT2D eigenvalue weighted by atomic mass is 32.2. The Hall–Kier alpha value is -1.86. The maximum absolute atomic E-state index is 12.3. The molecule has 1 aromatic carbocycles. The average molecular weight is 295 g/mol. The van der Waals surface area contributed by atoms with Crippen LogP contribution in [-0.2, 0) is 16.4 Å². The standard InChI is InChI=1S/C13H17N3O3S/c1-9-13(10(2)15-14-9)20(18,19)16-12-5-3-11(4-6-12)7-8-17/h3-6,16-17H,7-8H2,1-2H3,(H,14,15). The van der Waals surface area contributed by atoms with Crippen LogP contribution in [0.3, 0.4) is 0 Å². The Morgan fingerprint density at radius 3 is 2.40 bits per heavy atom. The minimum absolute atomic E-state index is 0.0679. The molecule has 0 radical (unpaired) electrons. The summed E-state index contributed by atoms with van der Waals surface area (Å²) in [6.45, 7) is 3.37. The van der Waals surface area contributed by atoms with Crippen molar-refractivity contribution in [2.45, 2.75) is 25.2 Å². The second-order valence-electron chi connectivity index (χ2n) is 4.54. The molecule has 1 aromatic heterocycles. The van der Waals surface area contributed by atoms with Crippen LogP contribution in [0.5, 0.6) is 0 Å². The Labute approximate surface area is 117 Å². The summed E-state index contributed by atoms with van der Waals surface area (Å²) in [5, 5.41) is 15.4. The van der Waals surface area contributed by atoms with Gasteiger partial charge in [-0.2, -0.15) is 5.10 Å². The molecule has 0 aliphatic heterocycles. The van der Waals surface area contributed by atoms with Crippen LogP contribution >= 0.6 is 0 Å². The van der Waals surface area contributed by atoms with E-state index >= 15 is 0 Å². The number of anilines is 1. The number of hydrogen-bond acceptors (Lipinski definition) is 4. The zero-order valence-electron chi connectivity index (χ0n) is 11.3. The number of nitrogens with one attached hydrogen (secondary N) is 2. The van der Waals surface area contributed by atoms with Crippen LogP contribution in [-0.4, -0.2) is 30.3 Å². The molecule has 108 valence electrons. The molecule has 0 aliphatic carbocycles. The smallest absolute Gasteiger partial charge is 0.265 e. The lowest BCUT2D eigenvalue weighted by Gasteiger charge is -2.08. The van der Waals surface area contributed by atoms with Gasteiger partial charge in [-0.1, -0.05) is 12.1 Å². The third-order valence-corrected chi connectivity index (χ3v) is 4.58. The number of aliphatic hydroxyl groups excluding tert-OH is 1. The molecule has 0 atom stereocenters. The van der Waals surface area contributed by atoms with Crippen LogP contribution in [0.25, 0.3) is 0 Å². The van der Waals surface area contributed by atoms with Crippen molar-refractivity contribution in [2.24, 2.45) is 0 Å². The first-order chi connectivity index (χ1) is 9.44. The SMILES string of the molecule is Cc1n[nH]c(C)c1S(=O)(=O)Nc1ccc(CCO)cc1. The minimum atomic E-state index is -3.65. The van der Waals surface area contributed by atoms with Crippen molar-refractivity contribution in [1.82, 2.24) is 10.2 Å². The molecule has 2 aromatic rings. The molecule has 0 saturated heterocycles. The molecular formula is C13H17N3O3S. The van der Waals surface area contributed by atoms with Crippen molar-refractivity contribution in [3.05, 3.63) is 41.2 Å². The summed E-state index contributed by atoms with van der Waals surface area (Å²) < 4.78 is 27.1. The van der Waals surface area contributed by atoms with E-state index in [4.69, 9.17) is 5.11 Å². The van der Waals surface area contributed by atoms with Gasteiger partial charge in [-0.15, -0.1) is 0 Å². The Bertz CT molecular complexity index is 671. The number of rotatable bonds is 5. The molecule has 3 N–H and O–H groups in total. The molecular weight excluding hydrogens is 278 g/mol. The van der Waals surface area contributed by atoms with Gasteiger partial charge < -0.3 is 5.11 Å². The summed E-state index contributed by atoms with van der Waals surface area (Å²) in [4.78, 5) is 0.178. The Morgan fingerprint density at radius 2 is 1.90 bits per heavy atom. The van der Waals surface area contributed by atoms with Gasteiger partial charge in [0.1, 0.15) is 4.90 Å². The van der Waals surface area contributed by atoms with E-state index in [0.29, 0.717) is 23.5 Å². The van der Waals surface area contributed by atoms with Crippen LogP contribution in [0.15, 0.2) is 29.2 Å². The fourth-order valence-corrected chi connectivity index (χ4v) is 3.44. The third kappa shape index (κ3) is 3.00. The second kappa shape index (κ2) is 5.64. The lowest BCUT2D eigenvalue weighted by atomic mass is 10.1. The molecule has 0 aliphatic rings. The maximum atomic E-state index is 12.3. The number of hydrogen-bond donors (Lipinski definition) is 3. The number of nitrogens with zero attached hydrogens (tertiary/aromatic N) is 1. The van der Waals surface area contributed by atoms with Gasteiger partial charge in [-0.25, -0.2) is 8.42 Å². The molecule has 7 heteroatoms. The van der Waals surface area contributed by atoms with Gasteiger partial charge in [0.25, 0.3) is 10.0 Å². The molecule has 0 bridgehead atoms. The van der Waals surface area contributed by atoms with Crippen LogP contribution in [0.4, 0.5) is 5.69 Å². The predicted octanol–water partition coefficient (Wildman–Crippen LogP) is 1.36. The average Bonchev–Trinajstić information content (AvgIpc) is 2.72. The lowest BCUT2D eigenvalue weighted by Crippen LogP contribution is -2.14. The number of aliphatic hydroxyl groups is 1. The minimum Gasteiger partial charge on any atom is -0.396 e. The van der Waals surface area contributed by atoms with Crippen molar-refractivity contribution in [2.75, 3.05) is 11.3 Å². The summed E-state index contributed by atoms with van der Waals surface area (Å²) in [6, 6.07) is 6.91. The van der Waals surface area contributed by atoms with E-state index < -0.39 is 10.0 Å². The van der Waals surface area contributed by atoms with Gasteiger partial charge in [0.05, 0.1) is 11.4 Å². The van der Waals surface area contributed by atoms with Crippen molar-refractivity contribution in [3.63, 3.8) is 0 Å². The van der Waals surface area contributed by atoms with E-state index in [1.54, 1.807) is 38.1 Å². The molecule has 20 heavy (non-hydrogen) atoms. The lowest BCUT2D eigenvalue weighted by molar-refractivity contribution is 0.299. The van der Waals surface area contributed by atoms with Crippen molar-refractivity contribution in [3.8, 4) is 0 Å². The molecule has 0 saturated carbocycles. The van der Waals surface area contributed by atoms with Crippen LogP contribution in [0.1, 0.15) is 17.0 Å². The second-order valence-corrected chi connectivity index (χ2v) is 6.16. The van der Waals surface area contributed by atoms with E-state index in [0.717, 1.165) is 5.56 Å². The molecule has 6 nitrogen and oxygen atoms in total. The number of aryl methyl sites for hydroxylation is 2. The van der Waals surface area contributed by atoms with Gasteiger partial charge in [-0.05, 0) is 38.0 Å². The molecule has 2 rings (SSSR count). The van der Waals surface area contributed by atoms with Crippen molar-refractivity contribution in [1.29, 1.82) is 0 Å². The predicted molar refractivity (Wildman–Crippen MR) is 76.1 cm³/mol. The molecule has 0 spiro atoms. The molecule has 0 fully saturated rings. The molecule has 1 heterocycles. The fourth-order valence-electron chi connectivity index (χ4n) is 2.01. The van der Waals surface area contributed by atoms with Crippen LogP contribution in [0.2, 0.25) is 0 Å². The van der Waals surface area contributed by atoms with Gasteiger partial charge in [0.2, 0.25) is 0 Å². The highest BCUT2D eigenvalue weighted by molar-refractivity contribution is 7.92. The first-order valence-corrected chi connectivity index (χ1v) is 7.66. The summed E-state index contributed by atoms with van der Waals surface area (Å²) in [5.74, 6) is 0. The van der Waals surface area contributed by atoms with E-state index in [2.05, 4.69) is 14.9 Å². The Balaban J connectivity index is 2.24. The summed E-state index contributed by atoms with van der Waals surface area (Å²) >= 11 is 0.